The normalized spacial score (nSPS) is 27.1. The highest BCUT2D eigenvalue weighted by atomic mass is 16.6. The number of nitro benzene ring substituents is 1. The number of carbonyl (C=O) groups is 3. The molecule has 10 nitrogen and oxygen atoms in total. The van der Waals surface area contributed by atoms with E-state index < -0.39 is 17.0 Å². The number of imide groups is 1. The summed E-state index contributed by atoms with van der Waals surface area (Å²) in [6.45, 7) is 3.24. The lowest BCUT2D eigenvalue weighted by atomic mass is 9.85. The second-order valence-corrected chi connectivity index (χ2v) is 7.73. The summed E-state index contributed by atoms with van der Waals surface area (Å²) in [5.41, 5.74) is -0.0696. The average molecular weight is 427 g/mol. The van der Waals surface area contributed by atoms with Crippen molar-refractivity contribution < 1.29 is 28.8 Å². The van der Waals surface area contributed by atoms with Crippen LogP contribution in [-0.2, 0) is 19.1 Å². The standard InChI is InChI=1S/C21H21N3O7/c1-3-30-21(27)11(2)31-16-7-4-12(8-15(16)24(28)29)10-22-23-19(25)17-13-5-6-14(9-13)18(17)20(23)26/h4-8,10-11,13-14,17-18H,3,9H2,1-2H3/t11-,13-,14-,17-,18+/m0/s1. The molecule has 1 aromatic rings. The molecule has 2 amide bonds. The molecule has 0 aromatic heterocycles. The fraction of sp³-hybridized carbons (Fsp3) is 0.429. The Morgan fingerprint density at radius 3 is 2.52 bits per heavy atom. The first-order valence-electron chi connectivity index (χ1n) is 10.0. The van der Waals surface area contributed by atoms with Crippen molar-refractivity contribution >= 4 is 29.7 Å². The van der Waals surface area contributed by atoms with Crippen LogP contribution in [0, 0.1) is 33.8 Å². The first-order valence-corrected chi connectivity index (χ1v) is 10.0. The topological polar surface area (TPSA) is 128 Å². The van der Waals surface area contributed by atoms with E-state index in [2.05, 4.69) is 5.10 Å². The van der Waals surface area contributed by atoms with Gasteiger partial charge in [-0.2, -0.15) is 10.1 Å². The van der Waals surface area contributed by atoms with Crippen LogP contribution in [0.2, 0.25) is 0 Å². The number of esters is 1. The van der Waals surface area contributed by atoms with Gasteiger partial charge in [-0.25, -0.2) is 4.79 Å². The molecule has 162 valence electrons. The van der Waals surface area contributed by atoms with Crippen LogP contribution in [0.3, 0.4) is 0 Å². The third-order valence-corrected chi connectivity index (χ3v) is 5.87. The summed E-state index contributed by atoms with van der Waals surface area (Å²) in [5, 5.41) is 16.4. The molecule has 3 aliphatic rings. The maximum absolute atomic E-state index is 12.7. The van der Waals surface area contributed by atoms with Crippen molar-refractivity contribution in [2.45, 2.75) is 26.4 Å². The van der Waals surface area contributed by atoms with Gasteiger partial charge in [-0.1, -0.05) is 12.2 Å². The van der Waals surface area contributed by atoms with E-state index in [1.165, 1.54) is 31.3 Å². The van der Waals surface area contributed by atoms with Crippen LogP contribution in [0.15, 0.2) is 35.5 Å². The van der Waals surface area contributed by atoms with Gasteiger partial charge in [0.25, 0.3) is 11.8 Å². The number of hydrazone groups is 1. The fourth-order valence-corrected chi connectivity index (χ4v) is 4.48. The molecule has 10 heteroatoms. The van der Waals surface area contributed by atoms with Crippen LogP contribution in [0.5, 0.6) is 5.75 Å². The first-order chi connectivity index (χ1) is 14.8. The van der Waals surface area contributed by atoms with Gasteiger partial charge < -0.3 is 9.47 Å². The van der Waals surface area contributed by atoms with Crippen molar-refractivity contribution in [1.82, 2.24) is 5.01 Å². The predicted octanol–water partition coefficient (Wildman–Crippen LogP) is 2.07. The number of hydrogen-bond acceptors (Lipinski definition) is 8. The van der Waals surface area contributed by atoms with Gasteiger partial charge in [-0.3, -0.25) is 19.7 Å². The van der Waals surface area contributed by atoms with Gasteiger partial charge in [0.2, 0.25) is 0 Å². The van der Waals surface area contributed by atoms with Crippen molar-refractivity contribution in [3.8, 4) is 5.75 Å². The van der Waals surface area contributed by atoms with Gasteiger partial charge >= 0.3 is 11.7 Å². The lowest BCUT2D eigenvalue weighted by molar-refractivity contribution is -0.386. The summed E-state index contributed by atoms with van der Waals surface area (Å²) >= 11 is 0. The molecular weight excluding hydrogens is 406 g/mol. The molecule has 2 fully saturated rings. The molecule has 5 atom stereocenters. The highest BCUT2D eigenvalue weighted by molar-refractivity contribution is 6.06. The summed E-state index contributed by atoms with van der Waals surface area (Å²) in [7, 11) is 0. The van der Waals surface area contributed by atoms with E-state index in [1.807, 2.05) is 12.2 Å². The van der Waals surface area contributed by atoms with E-state index in [4.69, 9.17) is 9.47 Å². The van der Waals surface area contributed by atoms with Crippen molar-refractivity contribution in [1.29, 1.82) is 0 Å². The average Bonchev–Trinajstić information content (AvgIpc) is 3.41. The smallest absolute Gasteiger partial charge is 0.347 e. The molecule has 1 saturated carbocycles. The number of nitrogens with zero attached hydrogens (tertiary/aromatic N) is 3. The summed E-state index contributed by atoms with van der Waals surface area (Å²) in [6.07, 6.45) is 5.01. The molecule has 1 heterocycles. The Balaban J connectivity index is 1.51. The van der Waals surface area contributed by atoms with Gasteiger partial charge in [-0.05, 0) is 44.2 Å². The SMILES string of the molecule is CCOC(=O)[C@H](C)Oc1ccc(C=NN2C(=O)[C@@H]3[C@H](C2=O)[C@H]2C=C[C@H]3C2)cc1[N+](=O)[O-]. The summed E-state index contributed by atoms with van der Waals surface area (Å²) in [4.78, 5) is 47.9. The number of amides is 2. The maximum atomic E-state index is 12.7. The van der Waals surface area contributed by atoms with Gasteiger partial charge in [0.1, 0.15) is 0 Å². The van der Waals surface area contributed by atoms with Gasteiger partial charge in [0, 0.05) is 11.6 Å². The third-order valence-electron chi connectivity index (χ3n) is 5.87. The minimum Gasteiger partial charge on any atom is -0.472 e. The van der Waals surface area contributed by atoms with E-state index in [0.29, 0.717) is 5.56 Å². The Bertz CT molecular complexity index is 988. The Morgan fingerprint density at radius 2 is 1.94 bits per heavy atom. The Kier molecular flexibility index (Phi) is 5.30. The van der Waals surface area contributed by atoms with E-state index in [9.17, 15) is 24.5 Å². The molecular formula is C21H21N3O7. The van der Waals surface area contributed by atoms with Crippen molar-refractivity contribution in [3.63, 3.8) is 0 Å². The largest absolute Gasteiger partial charge is 0.472 e. The summed E-state index contributed by atoms with van der Waals surface area (Å²) in [6, 6.07) is 4.02. The van der Waals surface area contributed by atoms with Crippen LogP contribution < -0.4 is 4.74 Å². The highest BCUT2D eigenvalue weighted by Crippen LogP contribution is 2.52. The number of nitro groups is 1. The Morgan fingerprint density at radius 1 is 1.29 bits per heavy atom. The summed E-state index contributed by atoms with van der Waals surface area (Å²) in [5.74, 6) is -1.99. The number of allylic oxidation sites excluding steroid dienone is 2. The van der Waals surface area contributed by atoms with Crippen LogP contribution in [0.4, 0.5) is 5.69 Å². The zero-order chi connectivity index (χ0) is 22.3. The zero-order valence-corrected chi connectivity index (χ0v) is 17.0. The molecule has 31 heavy (non-hydrogen) atoms. The number of fused-ring (bicyclic) bond motifs is 5. The molecule has 1 aliphatic heterocycles. The van der Waals surface area contributed by atoms with E-state index in [0.717, 1.165) is 11.4 Å². The molecule has 2 bridgehead atoms. The highest BCUT2D eigenvalue weighted by Gasteiger charge is 2.59. The molecule has 0 radical (unpaired) electrons. The first kappa shape index (κ1) is 20.7. The molecule has 1 aromatic carbocycles. The molecule has 1 saturated heterocycles. The Labute approximate surface area is 177 Å². The molecule has 0 spiro atoms. The Hall–Kier alpha value is -3.56. The number of benzene rings is 1. The minimum absolute atomic E-state index is 0.0746. The van der Waals surface area contributed by atoms with Crippen LogP contribution in [-0.4, -0.2) is 46.6 Å². The second-order valence-electron chi connectivity index (χ2n) is 7.73. The zero-order valence-electron chi connectivity index (χ0n) is 17.0. The molecule has 2 aliphatic carbocycles. The lowest BCUT2D eigenvalue weighted by Crippen LogP contribution is -2.28. The van der Waals surface area contributed by atoms with Crippen LogP contribution >= 0.6 is 0 Å². The van der Waals surface area contributed by atoms with Gasteiger partial charge in [-0.15, -0.1) is 0 Å². The van der Waals surface area contributed by atoms with E-state index >= 15 is 0 Å². The third kappa shape index (κ3) is 3.58. The van der Waals surface area contributed by atoms with Gasteiger partial charge in [0.05, 0.1) is 29.6 Å². The number of rotatable bonds is 7. The number of ether oxygens (including phenoxy) is 2. The monoisotopic (exact) mass is 427 g/mol. The predicted molar refractivity (Wildman–Crippen MR) is 107 cm³/mol. The number of hydrogen-bond donors (Lipinski definition) is 0. The van der Waals surface area contributed by atoms with Crippen molar-refractivity contribution in [3.05, 3.63) is 46.0 Å². The molecule has 0 unspecified atom stereocenters. The number of carbonyl (C=O) groups excluding carboxylic acids is 3. The van der Waals surface area contributed by atoms with Gasteiger partial charge in [0.15, 0.2) is 11.9 Å². The van der Waals surface area contributed by atoms with Crippen molar-refractivity contribution in [2.75, 3.05) is 6.61 Å². The second kappa shape index (κ2) is 7.93. The molecule has 0 N–H and O–H groups in total. The van der Waals surface area contributed by atoms with E-state index in [-0.39, 0.29) is 53.5 Å². The van der Waals surface area contributed by atoms with Crippen LogP contribution in [0.25, 0.3) is 0 Å². The van der Waals surface area contributed by atoms with E-state index in [1.54, 1.807) is 6.92 Å². The quantitative estimate of drug-likeness (QED) is 0.163. The maximum Gasteiger partial charge on any atom is 0.347 e. The lowest BCUT2D eigenvalue weighted by Gasteiger charge is -2.13. The fourth-order valence-electron chi connectivity index (χ4n) is 4.48. The molecule has 4 rings (SSSR count). The summed E-state index contributed by atoms with van der Waals surface area (Å²) < 4.78 is 10.2. The minimum atomic E-state index is -1.03. The van der Waals surface area contributed by atoms with Crippen molar-refractivity contribution in [2.24, 2.45) is 28.8 Å². The van der Waals surface area contributed by atoms with Crippen LogP contribution in [0.1, 0.15) is 25.8 Å².